The van der Waals surface area contributed by atoms with Crippen molar-refractivity contribution < 1.29 is 10.2 Å². The molecule has 2 unspecified atom stereocenters. The smallest absolute Gasteiger partial charge is 0.128 e. The van der Waals surface area contributed by atoms with Crippen molar-refractivity contribution in [3.8, 4) is 11.5 Å². The molecule has 1 saturated carbocycles. The number of rotatable bonds is 4. The molecular weight excluding hydrogens is 552 g/mol. The Balaban J connectivity index is 1.17. The molecule has 4 nitrogen and oxygen atoms in total. The largest absolute Gasteiger partial charge is 0.507 e. The molecule has 0 heterocycles. The van der Waals surface area contributed by atoms with E-state index in [9.17, 15) is 10.2 Å². The summed E-state index contributed by atoms with van der Waals surface area (Å²) in [6.07, 6.45) is 13.2. The van der Waals surface area contributed by atoms with Crippen LogP contribution in [0.5, 0.6) is 11.5 Å². The summed E-state index contributed by atoms with van der Waals surface area (Å²) in [7, 11) is 0. The van der Waals surface area contributed by atoms with Crippen molar-refractivity contribution in [1.29, 1.82) is 0 Å². The van der Waals surface area contributed by atoms with E-state index in [0.29, 0.717) is 11.5 Å². The lowest BCUT2D eigenvalue weighted by Crippen LogP contribution is -2.28. The van der Waals surface area contributed by atoms with Crippen LogP contribution in [0, 0.1) is 0 Å². The van der Waals surface area contributed by atoms with Gasteiger partial charge in [-0.1, -0.05) is 85.6 Å². The second kappa shape index (κ2) is 13.0. The van der Waals surface area contributed by atoms with Gasteiger partial charge in [-0.2, -0.15) is 0 Å². The van der Waals surface area contributed by atoms with Crippen molar-refractivity contribution in [2.75, 3.05) is 0 Å². The van der Waals surface area contributed by atoms with Crippen LogP contribution in [0.3, 0.4) is 0 Å². The Morgan fingerprint density at radius 3 is 1.58 bits per heavy atom. The number of nitrogens with zero attached hydrogens (tertiary/aromatic N) is 2. The normalized spacial score (nSPS) is 20.2. The third kappa shape index (κ3) is 6.47. The molecule has 0 aliphatic heterocycles. The number of aromatic hydroxyl groups is 2. The van der Waals surface area contributed by atoms with E-state index in [1.165, 1.54) is 22.3 Å². The first-order chi connectivity index (χ1) is 22.0. The van der Waals surface area contributed by atoms with Crippen LogP contribution in [-0.4, -0.2) is 34.2 Å². The molecule has 0 amide bonds. The molecule has 0 spiro atoms. The van der Waals surface area contributed by atoms with Gasteiger partial charge in [0.05, 0.1) is 12.1 Å². The molecule has 2 atom stereocenters. The third-order valence-corrected chi connectivity index (χ3v) is 10.3. The highest BCUT2D eigenvalue weighted by Crippen LogP contribution is 2.33. The van der Waals surface area contributed by atoms with E-state index in [1.807, 2.05) is 6.21 Å². The van der Waals surface area contributed by atoms with E-state index in [2.05, 4.69) is 79.7 Å². The molecule has 1 fully saturated rings. The predicted octanol–water partition coefficient (Wildman–Crippen LogP) is 8.10. The van der Waals surface area contributed by atoms with Crippen LogP contribution in [0.1, 0.15) is 88.2 Å². The van der Waals surface area contributed by atoms with Gasteiger partial charge < -0.3 is 10.2 Å². The second-order valence-electron chi connectivity index (χ2n) is 13.3. The first kappa shape index (κ1) is 29.5. The molecule has 2 N–H and O–H groups in total. The summed E-state index contributed by atoms with van der Waals surface area (Å²) in [5.74, 6) is 0.779. The summed E-state index contributed by atoms with van der Waals surface area (Å²) >= 11 is 0. The van der Waals surface area contributed by atoms with Crippen LogP contribution in [0.15, 0.2) is 82.8 Å². The lowest BCUT2D eigenvalue weighted by molar-refractivity contribution is 0.389. The second-order valence-corrected chi connectivity index (χ2v) is 13.3. The fraction of sp³-hybridized carbons (Fsp3) is 0.366. The first-order valence-corrected chi connectivity index (χ1v) is 16.9. The quantitative estimate of drug-likeness (QED) is 0.234. The topological polar surface area (TPSA) is 65.2 Å². The number of phenols is 2. The van der Waals surface area contributed by atoms with Crippen LogP contribution in [0.2, 0.25) is 0 Å². The van der Waals surface area contributed by atoms with Crippen molar-refractivity contribution in [3.63, 3.8) is 0 Å². The Hall–Kier alpha value is -4.18. The van der Waals surface area contributed by atoms with Gasteiger partial charge in [-0.05, 0) is 116 Å². The van der Waals surface area contributed by atoms with E-state index >= 15 is 0 Å². The minimum Gasteiger partial charge on any atom is -0.507 e. The van der Waals surface area contributed by atoms with E-state index in [-0.39, 0.29) is 12.1 Å². The molecule has 9 aliphatic rings. The monoisotopic (exact) mass is 596 g/mol. The SMILES string of the molecule is CC(=NC1CCCCC1N=Cc1c2ccc(c1O)CCc1ccc(cc1)CC2)c1c2ccc(c1O)CCc1ccc(cc1)CC2. The third-order valence-electron chi connectivity index (χ3n) is 10.3. The summed E-state index contributed by atoms with van der Waals surface area (Å²) in [6.45, 7) is 2.07. The average Bonchev–Trinajstić information content (AvgIpc) is 3.04. The van der Waals surface area contributed by atoms with E-state index in [4.69, 9.17) is 9.98 Å². The molecule has 4 heteroatoms. The zero-order valence-corrected chi connectivity index (χ0v) is 26.4. The lowest BCUT2D eigenvalue weighted by Gasteiger charge is -2.27. The first-order valence-electron chi connectivity index (χ1n) is 16.9. The highest BCUT2D eigenvalue weighted by molar-refractivity contribution is 6.03. The molecule has 4 aromatic rings. The van der Waals surface area contributed by atoms with Crippen LogP contribution in [0.4, 0.5) is 0 Å². The van der Waals surface area contributed by atoms with Crippen LogP contribution in [-0.2, 0) is 51.4 Å². The Kier molecular flexibility index (Phi) is 8.56. The molecule has 45 heavy (non-hydrogen) atoms. The van der Waals surface area contributed by atoms with Crippen molar-refractivity contribution in [2.24, 2.45) is 9.98 Å². The standard InChI is InChI=1S/C41H44N2O2/c1-27(39-33-19-15-29-8-12-31(13-9-29)17-21-35(25-23-33)41(39)45)43-38-5-3-2-4-37(38)42-26-36-32-18-14-28-6-10-30(11-7-28)16-20-34(24-22-32)40(36)44/h6-13,22-26,37-38,44-45H,2-5,14-21H2,1H3. The van der Waals surface area contributed by atoms with Gasteiger partial charge in [-0.15, -0.1) is 0 Å². The van der Waals surface area contributed by atoms with Crippen molar-refractivity contribution in [2.45, 2.75) is 96.1 Å². The summed E-state index contributed by atoms with van der Waals surface area (Å²) < 4.78 is 0. The highest BCUT2D eigenvalue weighted by atomic mass is 16.3. The van der Waals surface area contributed by atoms with Crippen molar-refractivity contribution in [3.05, 3.63) is 128 Å². The average molecular weight is 597 g/mol. The summed E-state index contributed by atoms with van der Waals surface area (Å²) in [6, 6.07) is 26.6. The number of phenolic OH excluding ortho intramolecular Hbond substituents is 2. The van der Waals surface area contributed by atoms with Gasteiger partial charge in [-0.25, -0.2) is 0 Å². The maximum atomic E-state index is 11.6. The Bertz CT molecular complexity index is 1730. The van der Waals surface area contributed by atoms with Crippen LogP contribution < -0.4 is 0 Å². The molecular formula is C41H44N2O2. The molecule has 0 saturated heterocycles. The number of hydrogen-bond donors (Lipinski definition) is 2. The molecule has 8 bridgehead atoms. The minimum atomic E-state index is 0.0487. The summed E-state index contributed by atoms with van der Waals surface area (Å²) in [5, 5.41) is 23.0. The van der Waals surface area contributed by atoms with Gasteiger partial charge in [0.25, 0.3) is 0 Å². The van der Waals surface area contributed by atoms with E-state index in [0.717, 1.165) is 116 Å². The summed E-state index contributed by atoms with van der Waals surface area (Å²) in [4.78, 5) is 10.5. The Morgan fingerprint density at radius 1 is 0.556 bits per heavy atom. The van der Waals surface area contributed by atoms with Crippen molar-refractivity contribution >= 4 is 11.9 Å². The maximum Gasteiger partial charge on any atom is 0.128 e. The number of aliphatic imine (C=N–C) groups is 2. The molecule has 4 aromatic carbocycles. The maximum absolute atomic E-state index is 11.6. The number of hydrogen-bond acceptors (Lipinski definition) is 4. The number of benzene rings is 4. The molecule has 230 valence electrons. The predicted molar refractivity (Wildman–Crippen MR) is 185 cm³/mol. The van der Waals surface area contributed by atoms with Gasteiger partial charge in [0.2, 0.25) is 0 Å². The van der Waals surface area contributed by atoms with Gasteiger partial charge in [0.15, 0.2) is 0 Å². The van der Waals surface area contributed by atoms with E-state index < -0.39 is 0 Å². The zero-order chi connectivity index (χ0) is 30.8. The Morgan fingerprint density at radius 2 is 1.00 bits per heavy atom. The van der Waals surface area contributed by atoms with Crippen molar-refractivity contribution in [1.82, 2.24) is 0 Å². The van der Waals surface area contributed by atoms with E-state index in [1.54, 1.807) is 0 Å². The molecule has 0 radical (unpaired) electrons. The van der Waals surface area contributed by atoms with Gasteiger partial charge in [0, 0.05) is 23.1 Å². The Labute approximate surface area is 267 Å². The zero-order valence-electron chi connectivity index (χ0n) is 26.4. The fourth-order valence-corrected chi connectivity index (χ4v) is 7.51. The number of aryl methyl sites for hydroxylation is 8. The lowest BCUT2D eigenvalue weighted by atomic mass is 9.89. The minimum absolute atomic E-state index is 0.0487. The van der Waals surface area contributed by atoms with Gasteiger partial charge in [0.1, 0.15) is 11.5 Å². The molecule has 9 aliphatic carbocycles. The summed E-state index contributed by atoms with van der Waals surface area (Å²) in [5.41, 5.74) is 12.2. The molecule has 13 rings (SSSR count). The van der Waals surface area contributed by atoms with Crippen LogP contribution >= 0.6 is 0 Å². The fourth-order valence-electron chi connectivity index (χ4n) is 7.51. The van der Waals surface area contributed by atoms with Crippen LogP contribution in [0.25, 0.3) is 0 Å². The van der Waals surface area contributed by atoms with Gasteiger partial charge in [-0.3, -0.25) is 9.98 Å². The highest BCUT2D eigenvalue weighted by Gasteiger charge is 2.26. The van der Waals surface area contributed by atoms with Gasteiger partial charge >= 0.3 is 0 Å². The molecule has 0 aromatic heterocycles.